The maximum Gasteiger partial charge on any atom is 0.413 e. The van der Waals surface area contributed by atoms with Gasteiger partial charge in [0.15, 0.2) is 11.5 Å². The number of nitrogens with zero attached hydrogens (tertiary/aromatic N) is 1. The fraction of sp³-hybridized carbons (Fsp3) is 0.400. The Morgan fingerprint density at radius 2 is 1.75 bits per heavy atom. The van der Waals surface area contributed by atoms with Crippen LogP contribution in [-0.2, 0) is 14.3 Å². The lowest BCUT2D eigenvalue weighted by Gasteiger charge is -2.10. The van der Waals surface area contributed by atoms with E-state index in [0.29, 0.717) is 11.1 Å². The van der Waals surface area contributed by atoms with Gasteiger partial charge in [0.2, 0.25) is 0 Å². The Balaban J connectivity index is 3.30. The van der Waals surface area contributed by atoms with Crippen LogP contribution in [0, 0.1) is 24.0 Å². The topological polar surface area (TPSA) is 86.5 Å². The van der Waals surface area contributed by atoms with Gasteiger partial charge in [-0.3, -0.25) is 14.3 Å². The Bertz CT molecular complexity index is 639. The van der Waals surface area contributed by atoms with Gasteiger partial charge in [0.25, 0.3) is 5.69 Å². The van der Waals surface area contributed by atoms with Gasteiger partial charge in [0.1, 0.15) is 0 Å². The predicted octanol–water partition coefficient (Wildman–Crippen LogP) is 2.48. The minimum atomic E-state index is -4.87. The van der Waals surface area contributed by atoms with Crippen molar-refractivity contribution in [2.45, 2.75) is 24.9 Å². The lowest BCUT2D eigenvalue weighted by atomic mass is 10.1. The van der Waals surface area contributed by atoms with E-state index in [1.54, 1.807) is 0 Å². The van der Waals surface area contributed by atoms with E-state index in [0.717, 1.165) is 12.1 Å². The normalized spacial score (nSPS) is 12.4. The highest BCUT2D eigenvalue weighted by molar-refractivity contribution is 7.87. The molecule has 1 aromatic carbocycles. The van der Waals surface area contributed by atoms with Gasteiger partial charge >= 0.3 is 16.3 Å². The third-order valence-corrected chi connectivity index (χ3v) is 3.71. The molecule has 0 bridgehead atoms. The van der Waals surface area contributed by atoms with Gasteiger partial charge in [-0.05, 0) is 31.0 Å². The van der Waals surface area contributed by atoms with Crippen molar-refractivity contribution in [2.24, 2.45) is 0 Å². The van der Waals surface area contributed by atoms with Crippen LogP contribution in [0.4, 0.5) is 18.9 Å². The average molecular weight is 313 g/mol. The first-order chi connectivity index (χ1) is 8.94. The molecule has 0 heterocycles. The molecule has 0 aliphatic carbocycles. The summed E-state index contributed by atoms with van der Waals surface area (Å²) in [5, 5.41) is 10.8. The van der Waals surface area contributed by atoms with E-state index < -0.39 is 38.4 Å². The molecule has 0 aromatic heterocycles. The Morgan fingerprint density at radius 1 is 1.25 bits per heavy atom. The highest BCUT2D eigenvalue weighted by Gasteiger charge is 2.34. The van der Waals surface area contributed by atoms with Gasteiger partial charge in [0.05, 0.1) is 4.92 Å². The zero-order valence-corrected chi connectivity index (χ0v) is 11.2. The van der Waals surface area contributed by atoms with Crippen LogP contribution in [0.3, 0.4) is 0 Å². The molecule has 0 atom stereocenters. The van der Waals surface area contributed by atoms with Gasteiger partial charge in [-0.25, -0.2) is 0 Å². The number of halogens is 3. The Kier molecular flexibility index (Phi) is 4.39. The predicted molar refractivity (Wildman–Crippen MR) is 61.8 cm³/mol. The highest BCUT2D eigenvalue weighted by Crippen LogP contribution is 2.29. The summed E-state index contributed by atoms with van der Waals surface area (Å²) in [6.07, 6.45) is -4.86. The molecule has 20 heavy (non-hydrogen) atoms. The van der Waals surface area contributed by atoms with E-state index >= 15 is 0 Å². The van der Waals surface area contributed by atoms with Gasteiger partial charge in [-0.15, -0.1) is 0 Å². The van der Waals surface area contributed by atoms with Crippen LogP contribution >= 0.6 is 0 Å². The summed E-state index contributed by atoms with van der Waals surface area (Å²) >= 11 is 0. The van der Waals surface area contributed by atoms with E-state index in [9.17, 15) is 31.7 Å². The number of alkyl halides is 3. The number of rotatable bonds is 4. The second-order valence-corrected chi connectivity index (χ2v) is 5.58. The third kappa shape index (κ3) is 3.90. The van der Waals surface area contributed by atoms with Gasteiger partial charge in [-0.2, -0.15) is 21.6 Å². The van der Waals surface area contributed by atoms with Crippen LogP contribution in [0.5, 0.6) is 0 Å². The molecule has 0 saturated carbocycles. The third-order valence-electron chi connectivity index (χ3n) is 2.42. The average Bonchev–Trinajstić information content (AvgIpc) is 2.28. The van der Waals surface area contributed by atoms with E-state index in [1.165, 1.54) is 13.8 Å². The maximum atomic E-state index is 12.0. The minimum Gasteiger partial charge on any atom is -0.258 e. The molecule has 0 saturated heterocycles. The maximum absolute atomic E-state index is 12.0. The summed E-state index contributed by atoms with van der Waals surface area (Å²) in [7, 11) is -4.87. The molecule has 1 aromatic rings. The molecule has 1 rings (SSSR count). The Labute approximate surface area is 112 Å². The SMILES string of the molecule is Cc1cc([N+](=O)[O-])c(S(=O)(=O)OCC(F)(F)F)cc1C. The molecule has 0 N–H and O–H groups in total. The monoisotopic (exact) mass is 313 g/mol. The van der Waals surface area contributed by atoms with Gasteiger partial charge < -0.3 is 0 Å². The van der Waals surface area contributed by atoms with Crippen LogP contribution in [0.25, 0.3) is 0 Å². The van der Waals surface area contributed by atoms with Crippen molar-refractivity contribution in [1.82, 2.24) is 0 Å². The summed E-state index contributed by atoms with van der Waals surface area (Å²) in [5.41, 5.74) is -0.00784. The van der Waals surface area contributed by atoms with E-state index in [1.807, 2.05) is 0 Å². The summed E-state index contributed by atoms with van der Waals surface area (Å²) in [6.45, 7) is 0.941. The van der Waals surface area contributed by atoms with Gasteiger partial charge in [-0.1, -0.05) is 0 Å². The standard InChI is InChI=1S/C10H10F3NO5S/c1-6-3-8(14(15)16)9(4-7(6)2)20(17,18)19-5-10(11,12)13/h3-4H,5H2,1-2H3. The second kappa shape index (κ2) is 5.37. The van der Waals surface area contributed by atoms with Crippen molar-refractivity contribution in [3.63, 3.8) is 0 Å². The van der Waals surface area contributed by atoms with E-state index in [-0.39, 0.29) is 0 Å². The molecule has 0 aliphatic rings. The number of hydrogen-bond donors (Lipinski definition) is 0. The first kappa shape index (κ1) is 16.4. The summed E-state index contributed by atoms with van der Waals surface area (Å²) in [5.74, 6) is 0. The van der Waals surface area contributed by atoms with E-state index in [2.05, 4.69) is 4.18 Å². The minimum absolute atomic E-state index is 0.379. The summed E-state index contributed by atoms with van der Waals surface area (Å²) < 4.78 is 63.0. The summed E-state index contributed by atoms with van der Waals surface area (Å²) in [4.78, 5) is 8.91. The molecule has 0 unspecified atom stereocenters. The van der Waals surface area contributed by atoms with Crippen molar-refractivity contribution in [3.8, 4) is 0 Å². The zero-order valence-electron chi connectivity index (χ0n) is 10.4. The molecule has 0 amide bonds. The van der Waals surface area contributed by atoms with E-state index in [4.69, 9.17) is 0 Å². The van der Waals surface area contributed by atoms with Crippen molar-refractivity contribution in [2.75, 3.05) is 6.61 Å². The Morgan fingerprint density at radius 3 is 2.20 bits per heavy atom. The fourth-order valence-electron chi connectivity index (χ4n) is 1.33. The van der Waals surface area contributed by atoms with Crippen LogP contribution in [0.1, 0.15) is 11.1 Å². The van der Waals surface area contributed by atoms with Crippen LogP contribution in [0.15, 0.2) is 17.0 Å². The molecule has 0 aliphatic heterocycles. The summed E-state index contributed by atoms with van der Waals surface area (Å²) in [6, 6.07) is 1.89. The number of aryl methyl sites for hydroxylation is 2. The lowest BCUT2D eigenvalue weighted by Crippen LogP contribution is -2.21. The number of hydrogen-bond acceptors (Lipinski definition) is 5. The highest BCUT2D eigenvalue weighted by atomic mass is 32.2. The first-order valence-corrected chi connectivity index (χ1v) is 6.57. The number of nitro groups is 1. The molecule has 10 heteroatoms. The number of benzene rings is 1. The van der Waals surface area contributed by atoms with Crippen molar-refractivity contribution in [1.29, 1.82) is 0 Å². The van der Waals surface area contributed by atoms with Crippen molar-refractivity contribution in [3.05, 3.63) is 33.4 Å². The zero-order chi connectivity index (χ0) is 15.7. The quantitative estimate of drug-likeness (QED) is 0.484. The molecule has 0 fully saturated rings. The molecule has 0 radical (unpaired) electrons. The molecule has 112 valence electrons. The van der Waals surface area contributed by atoms with Crippen molar-refractivity contribution >= 4 is 15.8 Å². The lowest BCUT2D eigenvalue weighted by molar-refractivity contribution is -0.388. The van der Waals surface area contributed by atoms with Crippen LogP contribution in [0.2, 0.25) is 0 Å². The molecule has 6 nitrogen and oxygen atoms in total. The van der Waals surface area contributed by atoms with Crippen molar-refractivity contribution < 1.29 is 30.7 Å². The smallest absolute Gasteiger partial charge is 0.258 e. The number of nitro benzene ring substituents is 1. The largest absolute Gasteiger partial charge is 0.413 e. The first-order valence-electron chi connectivity index (χ1n) is 5.16. The second-order valence-electron chi connectivity index (χ2n) is 3.99. The molecular formula is C10H10F3NO5S. The molecular weight excluding hydrogens is 303 g/mol. The van der Waals surface area contributed by atoms with Gasteiger partial charge in [0, 0.05) is 6.07 Å². The van der Waals surface area contributed by atoms with Crippen LogP contribution < -0.4 is 0 Å². The Hall–Kier alpha value is -1.68. The van der Waals surface area contributed by atoms with Crippen LogP contribution in [-0.4, -0.2) is 26.1 Å². The molecule has 0 spiro atoms. The fourth-order valence-corrected chi connectivity index (χ4v) is 2.45.